The van der Waals surface area contributed by atoms with Gasteiger partial charge in [-0.2, -0.15) is 0 Å². The number of pyridine rings is 1. The van der Waals surface area contributed by atoms with Crippen LogP contribution in [0.2, 0.25) is 0 Å². The number of morpholine rings is 1. The van der Waals surface area contributed by atoms with E-state index in [0.717, 1.165) is 30.5 Å². The molecule has 6 nitrogen and oxygen atoms in total. The number of nitrogens with one attached hydrogen (secondary N) is 1. The van der Waals surface area contributed by atoms with Crippen molar-refractivity contribution in [1.29, 1.82) is 0 Å². The van der Waals surface area contributed by atoms with E-state index >= 15 is 0 Å². The van der Waals surface area contributed by atoms with Gasteiger partial charge in [-0.05, 0) is 49.3 Å². The van der Waals surface area contributed by atoms with Gasteiger partial charge in [-0.25, -0.2) is 0 Å². The lowest BCUT2D eigenvalue weighted by molar-refractivity contribution is -0.150. The fourth-order valence-corrected chi connectivity index (χ4v) is 4.93. The maximum absolute atomic E-state index is 13.2. The number of carbonyl (C=O) groups is 2. The summed E-state index contributed by atoms with van der Waals surface area (Å²) in [5.41, 5.74) is 3.44. The van der Waals surface area contributed by atoms with E-state index in [0.29, 0.717) is 25.1 Å². The normalized spacial score (nSPS) is 26.3. The Morgan fingerprint density at radius 3 is 2.90 bits per heavy atom. The molecule has 150 valence electrons. The maximum atomic E-state index is 13.2. The Labute approximate surface area is 170 Å². The van der Waals surface area contributed by atoms with Crippen molar-refractivity contribution in [2.24, 2.45) is 0 Å². The van der Waals surface area contributed by atoms with E-state index in [4.69, 9.17) is 4.74 Å². The maximum Gasteiger partial charge on any atom is 0.255 e. The molecule has 1 aliphatic carbocycles. The molecule has 2 aromatic rings. The minimum Gasteiger partial charge on any atom is -0.364 e. The molecule has 5 rings (SSSR count). The second-order valence-corrected chi connectivity index (χ2v) is 8.22. The Hall–Kier alpha value is -2.73. The van der Waals surface area contributed by atoms with E-state index in [2.05, 4.69) is 10.3 Å². The van der Waals surface area contributed by atoms with Crippen molar-refractivity contribution in [2.75, 3.05) is 19.7 Å². The van der Waals surface area contributed by atoms with Gasteiger partial charge in [-0.3, -0.25) is 14.6 Å². The molecule has 0 unspecified atom stereocenters. The molecule has 2 atom stereocenters. The number of ether oxygens (including phenoxy) is 1. The van der Waals surface area contributed by atoms with Crippen LogP contribution in [0, 0.1) is 0 Å². The molecule has 3 heterocycles. The van der Waals surface area contributed by atoms with Gasteiger partial charge in [-0.15, -0.1) is 0 Å². The van der Waals surface area contributed by atoms with Crippen molar-refractivity contribution in [3.63, 3.8) is 0 Å². The number of rotatable bonds is 2. The molecule has 1 aromatic carbocycles. The number of hydrogen-bond donors (Lipinski definition) is 1. The van der Waals surface area contributed by atoms with Gasteiger partial charge < -0.3 is 15.0 Å². The van der Waals surface area contributed by atoms with Crippen LogP contribution in [-0.2, 0) is 27.9 Å². The number of piperidine rings is 1. The Balaban J connectivity index is 1.40. The molecule has 2 amide bonds. The number of aryl methyl sites for hydroxylation is 2. The van der Waals surface area contributed by atoms with Gasteiger partial charge >= 0.3 is 0 Å². The second-order valence-electron chi connectivity index (χ2n) is 8.22. The van der Waals surface area contributed by atoms with E-state index in [9.17, 15) is 9.59 Å². The SMILES string of the molecule is O=C1CO[C@@H]2CN(C(=O)c3cnc4c(c3)CCCC4)CC[C@@]2(c2ccccc2)N1. The third-order valence-electron chi connectivity index (χ3n) is 6.48. The van der Waals surface area contributed by atoms with Crippen molar-refractivity contribution in [2.45, 2.75) is 43.7 Å². The first-order chi connectivity index (χ1) is 14.2. The highest BCUT2D eigenvalue weighted by Gasteiger charge is 2.49. The van der Waals surface area contributed by atoms with E-state index in [1.165, 1.54) is 12.0 Å². The van der Waals surface area contributed by atoms with Gasteiger partial charge in [-0.1, -0.05) is 30.3 Å². The summed E-state index contributed by atoms with van der Waals surface area (Å²) in [5.74, 6) is -0.114. The van der Waals surface area contributed by atoms with Gasteiger partial charge in [0.05, 0.1) is 11.1 Å². The van der Waals surface area contributed by atoms with Crippen LogP contribution in [0.1, 0.15) is 46.4 Å². The third-order valence-corrected chi connectivity index (χ3v) is 6.48. The lowest BCUT2D eigenvalue weighted by Crippen LogP contribution is -2.67. The van der Waals surface area contributed by atoms with Crippen LogP contribution in [-0.4, -0.2) is 47.5 Å². The molecule has 1 N–H and O–H groups in total. The summed E-state index contributed by atoms with van der Waals surface area (Å²) in [6.07, 6.45) is 6.40. The molecule has 0 saturated carbocycles. The highest BCUT2D eigenvalue weighted by Crippen LogP contribution is 2.37. The minimum absolute atomic E-state index is 0.00645. The summed E-state index contributed by atoms with van der Waals surface area (Å²) < 4.78 is 5.94. The summed E-state index contributed by atoms with van der Waals surface area (Å²) in [4.78, 5) is 31.7. The summed E-state index contributed by atoms with van der Waals surface area (Å²) in [6, 6.07) is 12.0. The molecular formula is C23H25N3O3. The number of amides is 2. The zero-order valence-electron chi connectivity index (χ0n) is 16.4. The van der Waals surface area contributed by atoms with Crippen LogP contribution in [0.4, 0.5) is 0 Å². The van der Waals surface area contributed by atoms with Crippen LogP contribution in [0.3, 0.4) is 0 Å². The number of fused-ring (bicyclic) bond motifs is 2. The van der Waals surface area contributed by atoms with Crippen molar-refractivity contribution in [3.05, 3.63) is 65.0 Å². The third kappa shape index (κ3) is 3.21. The van der Waals surface area contributed by atoms with Gasteiger partial charge in [0.1, 0.15) is 12.7 Å². The lowest BCUT2D eigenvalue weighted by Gasteiger charge is -2.50. The van der Waals surface area contributed by atoms with Gasteiger partial charge in [0.2, 0.25) is 5.91 Å². The first-order valence-corrected chi connectivity index (χ1v) is 10.4. The van der Waals surface area contributed by atoms with Crippen LogP contribution >= 0.6 is 0 Å². The first kappa shape index (κ1) is 18.3. The molecule has 2 saturated heterocycles. The molecule has 1 aromatic heterocycles. The van der Waals surface area contributed by atoms with Crippen LogP contribution in [0.5, 0.6) is 0 Å². The Bertz CT molecular complexity index is 946. The molecule has 0 radical (unpaired) electrons. The molecule has 0 spiro atoms. The monoisotopic (exact) mass is 391 g/mol. The van der Waals surface area contributed by atoms with Gasteiger partial charge in [0.25, 0.3) is 5.91 Å². The van der Waals surface area contributed by atoms with Crippen molar-refractivity contribution >= 4 is 11.8 Å². The van der Waals surface area contributed by atoms with Crippen molar-refractivity contribution in [1.82, 2.24) is 15.2 Å². The van der Waals surface area contributed by atoms with Crippen LogP contribution < -0.4 is 5.32 Å². The zero-order valence-corrected chi connectivity index (χ0v) is 16.4. The van der Waals surface area contributed by atoms with Crippen LogP contribution in [0.25, 0.3) is 0 Å². The largest absolute Gasteiger partial charge is 0.364 e. The number of carbonyl (C=O) groups excluding carboxylic acids is 2. The fraction of sp³-hybridized carbons (Fsp3) is 0.435. The number of nitrogens with zero attached hydrogens (tertiary/aromatic N) is 2. The number of hydrogen-bond acceptors (Lipinski definition) is 4. The quantitative estimate of drug-likeness (QED) is 0.852. The summed E-state index contributed by atoms with van der Waals surface area (Å²) in [7, 11) is 0. The topological polar surface area (TPSA) is 71.5 Å². The Morgan fingerprint density at radius 1 is 1.21 bits per heavy atom. The van der Waals surface area contributed by atoms with E-state index in [1.54, 1.807) is 6.20 Å². The summed E-state index contributed by atoms with van der Waals surface area (Å²) in [6.45, 7) is 1.04. The number of aromatic nitrogens is 1. The minimum atomic E-state index is -0.582. The number of benzene rings is 1. The van der Waals surface area contributed by atoms with Crippen molar-refractivity contribution in [3.8, 4) is 0 Å². The molecule has 2 fully saturated rings. The van der Waals surface area contributed by atoms with Crippen LogP contribution in [0.15, 0.2) is 42.6 Å². The standard InChI is InChI=1S/C23H25N3O3/c27-21-15-29-20-14-26(11-10-23(20,25-21)18-7-2-1-3-8-18)22(28)17-12-16-6-4-5-9-19(16)24-13-17/h1-3,7-8,12-13,20H,4-6,9-11,14-15H2,(H,25,27)/t20-,23+/m1/s1. The van der Waals surface area contributed by atoms with E-state index in [-0.39, 0.29) is 24.5 Å². The molecule has 29 heavy (non-hydrogen) atoms. The van der Waals surface area contributed by atoms with E-state index in [1.807, 2.05) is 41.3 Å². The highest BCUT2D eigenvalue weighted by atomic mass is 16.5. The second kappa shape index (κ2) is 7.26. The molecule has 6 heteroatoms. The molecule has 0 bridgehead atoms. The Morgan fingerprint density at radius 2 is 2.03 bits per heavy atom. The van der Waals surface area contributed by atoms with Gasteiger partial charge in [0, 0.05) is 25.0 Å². The summed E-state index contributed by atoms with van der Waals surface area (Å²) in [5, 5.41) is 3.17. The average Bonchev–Trinajstić information content (AvgIpc) is 2.78. The Kier molecular flexibility index (Phi) is 4.59. The van der Waals surface area contributed by atoms with Crippen molar-refractivity contribution < 1.29 is 14.3 Å². The predicted molar refractivity (Wildman–Crippen MR) is 107 cm³/mol. The predicted octanol–water partition coefficient (Wildman–Crippen LogP) is 2.22. The van der Waals surface area contributed by atoms with E-state index < -0.39 is 5.54 Å². The zero-order chi connectivity index (χ0) is 19.8. The average molecular weight is 391 g/mol. The first-order valence-electron chi connectivity index (χ1n) is 10.4. The lowest BCUT2D eigenvalue weighted by atomic mass is 9.77. The number of likely N-dealkylation sites (tertiary alicyclic amines) is 1. The summed E-state index contributed by atoms with van der Waals surface area (Å²) >= 11 is 0. The van der Waals surface area contributed by atoms with Gasteiger partial charge in [0.15, 0.2) is 0 Å². The fourth-order valence-electron chi connectivity index (χ4n) is 4.93. The molecule has 3 aliphatic rings. The molecular weight excluding hydrogens is 366 g/mol. The molecule has 2 aliphatic heterocycles. The smallest absolute Gasteiger partial charge is 0.255 e. The highest BCUT2D eigenvalue weighted by molar-refractivity contribution is 5.94.